The maximum absolute atomic E-state index is 3.59. The van der Waals surface area contributed by atoms with Crippen LogP contribution in [0, 0.1) is 0 Å². The van der Waals surface area contributed by atoms with E-state index in [4.69, 9.17) is 0 Å². The molecule has 4 heteroatoms. The maximum atomic E-state index is 3.59. The highest BCUT2D eigenvalue weighted by atomic mass is 79.9. The van der Waals surface area contributed by atoms with Gasteiger partial charge in [-0.25, -0.2) is 0 Å². The summed E-state index contributed by atoms with van der Waals surface area (Å²) in [5.74, 6) is 0. The number of anilines is 2. The molecule has 0 amide bonds. The topological polar surface area (TPSA) is 6.48 Å². The number of rotatable bonds is 4. The summed E-state index contributed by atoms with van der Waals surface area (Å²) in [6, 6.07) is 39.0. The lowest BCUT2D eigenvalue weighted by atomic mass is 9.88. The minimum atomic E-state index is -0.454. The molecule has 0 radical (unpaired) electrons. The van der Waals surface area contributed by atoms with Crippen molar-refractivity contribution in [3.8, 4) is 0 Å². The third kappa shape index (κ3) is 3.58. The molecule has 0 aliphatic carbocycles. The fraction of sp³-hybridized carbons (Fsp3) is 0.111. The van der Waals surface area contributed by atoms with Crippen LogP contribution in [0.25, 0.3) is 0 Å². The molecule has 0 atom stereocenters. The molecule has 0 N–H and O–H groups in total. The highest BCUT2D eigenvalue weighted by Gasteiger charge is 2.50. The molecule has 0 aromatic heterocycles. The fourth-order valence-corrected chi connectivity index (χ4v) is 5.20. The van der Waals surface area contributed by atoms with Crippen LogP contribution in [0.3, 0.4) is 0 Å². The normalized spacial score (nSPS) is 15.3. The first kappa shape index (κ1) is 20.3. The van der Waals surface area contributed by atoms with Gasteiger partial charge in [0, 0.05) is 44.5 Å². The Bertz CT molecular complexity index is 1050. The molecule has 0 unspecified atom stereocenters. The zero-order chi connectivity index (χ0) is 21.3. The van der Waals surface area contributed by atoms with E-state index >= 15 is 0 Å². The Kier molecular flexibility index (Phi) is 5.59. The Balaban J connectivity index is 1.79. The van der Waals surface area contributed by atoms with Gasteiger partial charge in [-0.1, -0.05) is 92.5 Å². The van der Waals surface area contributed by atoms with Crippen molar-refractivity contribution in [3.05, 3.63) is 129 Å². The van der Waals surface area contributed by atoms with Crippen LogP contribution in [0.15, 0.2) is 118 Å². The summed E-state index contributed by atoms with van der Waals surface area (Å²) in [6.07, 6.45) is 0. The van der Waals surface area contributed by atoms with Crippen LogP contribution in [0.1, 0.15) is 11.1 Å². The predicted octanol–water partition coefficient (Wildman–Crippen LogP) is 7.44. The average molecular weight is 534 g/mol. The zero-order valence-corrected chi connectivity index (χ0v) is 20.1. The average Bonchev–Trinajstić information content (AvgIpc) is 3.22. The highest BCUT2D eigenvalue weighted by molar-refractivity contribution is 9.10. The van der Waals surface area contributed by atoms with Crippen LogP contribution >= 0.6 is 31.9 Å². The van der Waals surface area contributed by atoms with Gasteiger partial charge in [-0.05, 0) is 48.5 Å². The standard InChI is InChI=1S/C27H22Br2N2/c28-23-11-15-25(16-12-23)30-19-20-31(26-17-13-24(29)14-18-26)27(30,21-7-3-1-4-8-21)22-9-5-2-6-10-22/h1-18H,19-20H2. The van der Waals surface area contributed by atoms with Crippen molar-refractivity contribution in [2.24, 2.45) is 0 Å². The molecule has 0 spiro atoms. The van der Waals surface area contributed by atoms with Crippen molar-refractivity contribution in [2.75, 3.05) is 22.9 Å². The van der Waals surface area contributed by atoms with E-state index in [2.05, 4.69) is 151 Å². The monoisotopic (exact) mass is 532 g/mol. The summed E-state index contributed by atoms with van der Waals surface area (Å²) < 4.78 is 2.18. The van der Waals surface area contributed by atoms with Crippen LogP contribution < -0.4 is 9.80 Å². The summed E-state index contributed by atoms with van der Waals surface area (Å²) in [7, 11) is 0. The predicted molar refractivity (Wildman–Crippen MR) is 137 cm³/mol. The second-order valence-electron chi connectivity index (χ2n) is 7.66. The van der Waals surface area contributed by atoms with E-state index in [-0.39, 0.29) is 0 Å². The lowest BCUT2D eigenvalue weighted by molar-refractivity contribution is 0.538. The van der Waals surface area contributed by atoms with Gasteiger partial charge in [0.2, 0.25) is 0 Å². The summed E-state index contributed by atoms with van der Waals surface area (Å²) >= 11 is 7.19. The second-order valence-corrected chi connectivity index (χ2v) is 9.49. The minimum absolute atomic E-state index is 0.454. The molecule has 4 aromatic carbocycles. The summed E-state index contributed by atoms with van der Waals surface area (Å²) in [5, 5.41) is 0. The molecule has 0 saturated carbocycles. The number of hydrogen-bond donors (Lipinski definition) is 0. The summed E-state index contributed by atoms with van der Waals surface area (Å²) in [5.41, 5.74) is 4.46. The van der Waals surface area contributed by atoms with Gasteiger partial charge in [0.15, 0.2) is 5.66 Å². The third-order valence-electron chi connectivity index (χ3n) is 5.96. The first-order valence-electron chi connectivity index (χ1n) is 10.4. The molecule has 1 aliphatic rings. The quantitative estimate of drug-likeness (QED) is 0.269. The van der Waals surface area contributed by atoms with Crippen molar-refractivity contribution in [1.29, 1.82) is 0 Å². The molecule has 154 valence electrons. The lowest BCUT2D eigenvalue weighted by Crippen LogP contribution is -2.52. The van der Waals surface area contributed by atoms with Crippen molar-refractivity contribution in [2.45, 2.75) is 5.66 Å². The van der Waals surface area contributed by atoms with Gasteiger partial charge < -0.3 is 9.80 Å². The molecular weight excluding hydrogens is 512 g/mol. The van der Waals surface area contributed by atoms with Gasteiger partial charge in [-0.2, -0.15) is 0 Å². The van der Waals surface area contributed by atoms with Crippen LogP contribution in [0.4, 0.5) is 11.4 Å². The smallest absolute Gasteiger partial charge is 0.166 e. The molecular formula is C27H22Br2N2. The fourth-order valence-electron chi connectivity index (χ4n) is 4.67. The zero-order valence-electron chi connectivity index (χ0n) is 17.0. The molecule has 4 aromatic rings. The Hall–Kier alpha value is -2.56. The maximum Gasteiger partial charge on any atom is 0.166 e. The SMILES string of the molecule is Brc1ccc(N2CCN(c3ccc(Br)cc3)C2(c2ccccc2)c2ccccc2)cc1. The largest absolute Gasteiger partial charge is 0.339 e. The number of benzene rings is 4. The Labute approximate surface area is 200 Å². The Morgan fingerprint density at radius 2 is 0.839 bits per heavy atom. The van der Waals surface area contributed by atoms with Gasteiger partial charge in [0.1, 0.15) is 0 Å². The van der Waals surface area contributed by atoms with E-state index in [0.29, 0.717) is 0 Å². The van der Waals surface area contributed by atoms with E-state index in [1.165, 1.54) is 22.5 Å². The van der Waals surface area contributed by atoms with Crippen LogP contribution in [0.5, 0.6) is 0 Å². The molecule has 1 aliphatic heterocycles. The van der Waals surface area contributed by atoms with Crippen LogP contribution in [-0.2, 0) is 5.66 Å². The molecule has 1 saturated heterocycles. The van der Waals surface area contributed by atoms with Gasteiger partial charge in [-0.3, -0.25) is 0 Å². The first-order chi connectivity index (χ1) is 15.2. The van der Waals surface area contributed by atoms with E-state index in [9.17, 15) is 0 Å². The Morgan fingerprint density at radius 3 is 1.19 bits per heavy atom. The molecule has 1 fully saturated rings. The van der Waals surface area contributed by atoms with Crippen LogP contribution in [-0.4, -0.2) is 13.1 Å². The number of halogens is 2. The van der Waals surface area contributed by atoms with Gasteiger partial charge >= 0.3 is 0 Å². The first-order valence-corrected chi connectivity index (χ1v) is 12.0. The van der Waals surface area contributed by atoms with E-state index < -0.39 is 5.66 Å². The van der Waals surface area contributed by atoms with Crippen molar-refractivity contribution in [3.63, 3.8) is 0 Å². The summed E-state index contributed by atoms with van der Waals surface area (Å²) in [6.45, 7) is 1.84. The number of hydrogen-bond acceptors (Lipinski definition) is 2. The van der Waals surface area contributed by atoms with Gasteiger partial charge in [0.25, 0.3) is 0 Å². The van der Waals surface area contributed by atoms with E-state index in [1.807, 2.05) is 0 Å². The van der Waals surface area contributed by atoms with Crippen molar-refractivity contribution in [1.82, 2.24) is 0 Å². The summed E-state index contributed by atoms with van der Waals surface area (Å²) in [4.78, 5) is 5.07. The van der Waals surface area contributed by atoms with Gasteiger partial charge in [-0.15, -0.1) is 0 Å². The second kappa shape index (κ2) is 8.52. The molecule has 2 nitrogen and oxygen atoms in total. The number of nitrogens with zero attached hydrogens (tertiary/aromatic N) is 2. The highest BCUT2D eigenvalue weighted by Crippen LogP contribution is 2.47. The van der Waals surface area contributed by atoms with Crippen molar-refractivity contribution < 1.29 is 0 Å². The van der Waals surface area contributed by atoms with Crippen molar-refractivity contribution >= 4 is 43.2 Å². The van der Waals surface area contributed by atoms with E-state index in [1.54, 1.807) is 0 Å². The minimum Gasteiger partial charge on any atom is -0.339 e. The molecule has 31 heavy (non-hydrogen) atoms. The van der Waals surface area contributed by atoms with Crippen LogP contribution in [0.2, 0.25) is 0 Å². The van der Waals surface area contributed by atoms with E-state index in [0.717, 1.165) is 22.0 Å². The lowest BCUT2D eigenvalue weighted by Gasteiger charge is -2.47. The molecule has 0 bridgehead atoms. The van der Waals surface area contributed by atoms with Gasteiger partial charge in [0.05, 0.1) is 0 Å². The third-order valence-corrected chi connectivity index (χ3v) is 7.02. The molecule has 1 heterocycles. The Morgan fingerprint density at radius 1 is 0.484 bits per heavy atom. The molecule has 5 rings (SSSR count).